The zero-order chi connectivity index (χ0) is 17.4. The Kier molecular flexibility index (Phi) is 3.97. The number of hydrogen-bond donors (Lipinski definition) is 2. The summed E-state index contributed by atoms with van der Waals surface area (Å²) in [4.78, 5) is 25.1. The Bertz CT molecular complexity index is 949. The van der Waals surface area contributed by atoms with Crippen LogP contribution in [0.25, 0.3) is 11.3 Å². The van der Waals surface area contributed by atoms with Gasteiger partial charge >= 0.3 is 0 Å². The van der Waals surface area contributed by atoms with Crippen molar-refractivity contribution in [3.63, 3.8) is 0 Å². The molecule has 1 aliphatic rings. The van der Waals surface area contributed by atoms with Crippen LogP contribution in [0.4, 0.5) is 5.82 Å². The number of fused-ring (bicyclic) bond motifs is 1. The van der Waals surface area contributed by atoms with Crippen molar-refractivity contribution >= 4 is 33.4 Å². The lowest BCUT2D eigenvalue weighted by Crippen LogP contribution is -2.27. The molecule has 5 nitrogen and oxygen atoms in total. The summed E-state index contributed by atoms with van der Waals surface area (Å²) in [5, 5.41) is 9.94. The third-order valence-electron chi connectivity index (χ3n) is 4.31. The van der Waals surface area contributed by atoms with E-state index in [2.05, 4.69) is 31.4 Å². The quantitative estimate of drug-likeness (QED) is 0.654. The zero-order valence-electron chi connectivity index (χ0n) is 13.1. The molecule has 0 aliphatic carbocycles. The van der Waals surface area contributed by atoms with E-state index in [9.17, 15) is 9.59 Å². The highest BCUT2D eigenvalue weighted by molar-refractivity contribution is 9.10. The van der Waals surface area contributed by atoms with E-state index in [-0.39, 0.29) is 18.1 Å². The topological polar surface area (TPSA) is 74.8 Å². The second-order valence-corrected chi connectivity index (χ2v) is 6.82. The molecular formula is C19H14BrN3O2. The van der Waals surface area contributed by atoms with Crippen LogP contribution < -0.4 is 5.32 Å². The number of aromatic amines is 1. The Morgan fingerprint density at radius 1 is 1.08 bits per heavy atom. The van der Waals surface area contributed by atoms with Gasteiger partial charge in [-0.1, -0.05) is 58.4 Å². The molecule has 0 spiro atoms. The fourth-order valence-corrected chi connectivity index (χ4v) is 3.38. The van der Waals surface area contributed by atoms with Crippen molar-refractivity contribution < 1.29 is 9.59 Å². The van der Waals surface area contributed by atoms with Crippen LogP contribution in [0.5, 0.6) is 0 Å². The van der Waals surface area contributed by atoms with Crippen LogP contribution in [0.3, 0.4) is 0 Å². The monoisotopic (exact) mass is 395 g/mol. The van der Waals surface area contributed by atoms with Gasteiger partial charge in [-0.25, -0.2) is 0 Å². The highest BCUT2D eigenvalue weighted by Crippen LogP contribution is 2.39. The number of halogens is 1. The first kappa shape index (κ1) is 15.8. The van der Waals surface area contributed by atoms with Gasteiger partial charge in [0.25, 0.3) is 0 Å². The smallest absolute Gasteiger partial charge is 0.226 e. The number of Topliss-reactive ketones (excluding diaryl/α,β-unsaturated/α-hetero) is 1. The number of carbonyl (C=O) groups is 2. The van der Waals surface area contributed by atoms with Gasteiger partial charge in [0, 0.05) is 22.0 Å². The normalized spacial score (nSPS) is 16.2. The maximum atomic E-state index is 13.1. The van der Waals surface area contributed by atoms with Gasteiger partial charge < -0.3 is 5.32 Å². The summed E-state index contributed by atoms with van der Waals surface area (Å²) in [6, 6.07) is 16.9. The molecule has 2 N–H and O–H groups in total. The predicted octanol–water partition coefficient (Wildman–Crippen LogP) is 4.15. The molecule has 1 aromatic heterocycles. The summed E-state index contributed by atoms with van der Waals surface area (Å²) >= 11 is 3.37. The van der Waals surface area contributed by atoms with Crippen LogP contribution in [0.1, 0.15) is 28.3 Å². The predicted molar refractivity (Wildman–Crippen MR) is 98.5 cm³/mol. The molecule has 1 aliphatic heterocycles. The van der Waals surface area contributed by atoms with Crippen molar-refractivity contribution in [2.75, 3.05) is 5.32 Å². The molecule has 4 rings (SSSR count). The van der Waals surface area contributed by atoms with Crippen molar-refractivity contribution in [3.05, 3.63) is 70.2 Å². The van der Waals surface area contributed by atoms with E-state index in [0.29, 0.717) is 11.4 Å². The second kappa shape index (κ2) is 6.29. The van der Waals surface area contributed by atoms with Gasteiger partial charge in [0.15, 0.2) is 11.6 Å². The lowest BCUT2D eigenvalue weighted by atomic mass is 9.84. The molecule has 0 saturated carbocycles. The average molecular weight is 396 g/mol. The number of anilines is 1. The molecule has 124 valence electrons. The summed E-state index contributed by atoms with van der Waals surface area (Å²) in [5.41, 5.74) is 3.03. The molecule has 25 heavy (non-hydrogen) atoms. The minimum atomic E-state index is -0.557. The van der Waals surface area contributed by atoms with Crippen LogP contribution in [0.15, 0.2) is 59.1 Å². The first-order valence-corrected chi connectivity index (χ1v) is 8.66. The van der Waals surface area contributed by atoms with Gasteiger partial charge in [-0.15, -0.1) is 0 Å². The Morgan fingerprint density at radius 3 is 2.52 bits per heavy atom. The number of H-pyrrole nitrogens is 1. The van der Waals surface area contributed by atoms with Gasteiger partial charge in [0.05, 0.1) is 11.6 Å². The lowest BCUT2D eigenvalue weighted by molar-refractivity contribution is -0.116. The van der Waals surface area contributed by atoms with Crippen LogP contribution in [-0.4, -0.2) is 21.9 Å². The summed E-state index contributed by atoms with van der Waals surface area (Å²) in [7, 11) is 0. The number of aromatic nitrogens is 2. The zero-order valence-corrected chi connectivity index (χ0v) is 14.7. The number of ketones is 1. The largest absolute Gasteiger partial charge is 0.309 e. The van der Waals surface area contributed by atoms with E-state index >= 15 is 0 Å². The summed E-state index contributed by atoms with van der Waals surface area (Å²) < 4.78 is 0.902. The van der Waals surface area contributed by atoms with Crippen LogP contribution >= 0.6 is 15.9 Å². The highest BCUT2D eigenvalue weighted by Gasteiger charge is 2.35. The first-order valence-electron chi connectivity index (χ1n) is 7.87. The SMILES string of the molecule is O=C1C[C@@H](C(=O)c2ccc(Br)cc2)c2c(n[nH]c2-c2ccccc2)N1. The van der Waals surface area contributed by atoms with Gasteiger partial charge in [0.1, 0.15) is 0 Å². The Balaban J connectivity index is 1.81. The van der Waals surface area contributed by atoms with Crippen molar-refractivity contribution in [2.24, 2.45) is 0 Å². The van der Waals surface area contributed by atoms with Crippen LogP contribution in [0.2, 0.25) is 0 Å². The van der Waals surface area contributed by atoms with Gasteiger partial charge in [0.2, 0.25) is 5.91 Å². The molecule has 0 fully saturated rings. The average Bonchev–Trinajstić information content (AvgIpc) is 3.05. The number of carbonyl (C=O) groups excluding carboxylic acids is 2. The fraction of sp³-hybridized carbons (Fsp3) is 0.105. The maximum absolute atomic E-state index is 13.1. The molecule has 0 unspecified atom stereocenters. The molecule has 6 heteroatoms. The van der Waals surface area contributed by atoms with E-state index in [1.165, 1.54) is 0 Å². The maximum Gasteiger partial charge on any atom is 0.226 e. The Morgan fingerprint density at radius 2 is 1.80 bits per heavy atom. The summed E-state index contributed by atoms with van der Waals surface area (Å²) in [6.07, 6.45) is 0.112. The van der Waals surface area contributed by atoms with Crippen molar-refractivity contribution in [1.82, 2.24) is 10.2 Å². The van der Waals surface area contributed by atoms with E-state index in [4.69, 9.17) is 0 Å². The molecule has 0 bridgehead atoms. The van der Waals surface area contributed by atoms with E-state index in [0.717, 1.165) is 21.3 Å². The fourth-order valence-electron chi connectivity index (χ4n) is 3.12. The third kappa shape index (κ3) is 2.89. The van der Waals surface area contributed by atoms with Crippen LogP contribution in [0, 0.1) is 0 Å². The van der Waals surface area contributed by atoms with E-state index in [1.54, 1.807) is 12.1 Å². The van der Waals surface area contributed by atoms with Crippen molar-refractivity contribution in [2.45, 2.75) is 12.3 Å². The molecular weight excluding hydrogens is 382 g/mol. The van der Waals surface area contributed by atoms with Crippen molar-refractivity contribution in [3.8, 4) is 11.3 Å². The second-order valence-electron chi connectivity index (χ2n) is 5.90. The Labute approximate surface area is 152 Å². The number of hydrogen-bond acceptors (Lipinski definition) is 3. The lowest BCUT2D eigenvalue weighted by Gasteiger charge is -2.22. The number of rotatable bonds is 3. The van der Waals surface area contributed by atoms with E-state index in [1.807, 2.05) is 42.5 Å². The Hall–Kier alpha value is -2.73. The van der Waals surface area contributed by atoms with Crippen LogP contribution in [-0.2, 0) is 4.79 Å². The number of nitrogens with one attached hydrogen (secondary N) is 2. The van der Waals surface area contributed by atoms with Gasteiger partial charge in [-0.2, -0.15) is 5.10 Å². The van der Waals surface area contributed by atoms with Gasteiger partial charge in [-0.3, -0.25) is 14.7 Å². The number of amides is 1. The highest BCUT2D eigenvalue weighted by atomic mass is 79.9. The first-order chi connectivity index (χ1) is 12.1. The number of nitrogens with zero attached hydrogens (tertiary/aromatic N) is 1. The minimum Gasteiger partial charge on any atom is -0.309 e. The third-order valence-corrected chi connectivity index (χ3v) is 4.84. The minimum absolute atomic E-state index is 0.0813. The molecule has 1 amide bonds. The summed E-state index contributed by atoms with van der Waals surface area (Å²) in [5.74, 6) is -0.402. The molecule has 2 heterocycles. The van der Waals surface area contributed by atoms with Gasteiger partial charge in [-0.05, 0) is 17.7 Å². The standard InChI is InChI=1S/C19H14BrN3O2/c20-13-8-6-12(7-9-13)18(25)14-10-15(24)21-19-16(14)17(22-23-19)11-4-2-1-3-5-11/h1-9,14H,10H2,(H2,21,22,23,24)/t14-/m1/s1. The number of benzene rings is 2. The molecule has 1 atom stereocenters. The molecule has 0 saturated heterocycles. The summed E-state index contributed by atoms with van der Waals surface area (Å²) in [6.45, 7) is 0. The molecule has 2 aromatic carbocycles. The molecule has 3 aromatic rings. The molecule has 0 radical (unpaired) electrons. The van der Waals surface area contributed by atoms with Crippen molar-refractivity contribution in [1.29, 1.82) is 0 Å². The van der Waals surface area contributed by atoms with E-state index < -0.39 is 5.92 Å².